The van der Waals surface area contributed by atoms with E-state index in [9.17, 15) is 27.6 Å². The van der Waals surface area contributed by atoms with Crippen molar-refractivity contribution < 1.29 is 37.0 Å². The fourth-order valence-corrected chi connectivity index (χ4v) is 0.740. The molecule has 0 amide bonds. The highest BCUT2D eigenvalue weighted by molar-refractivity contribution is 5.97. The van der Waals surface area contributed by atoms with Gasteiger partial charge in [-0.05, 0) is 0 Å². The van der Waals surface area contributed by atoms with E-state index >= 15 is 0 Å². The monoisotopic (exact) mass is 212 g/mol. The number of ether oxygens (including phenoxy) is 2. The molecule has 0 unspecified atom stereocenters. The molecular formula is C6H3F3O5. The van der Waals surface area contributed by atoms with Gasteiger partial charge in [0.2, 0.25) is 6.10 Å². The Balaban J connectivity index is 2.58. The van der Waals surface area contributed by atoms with Crippen LogP contribution in [0.25, 0.3) is 0 Å². The second-order valence-corrected chi connectivity index (χ2v) is 2.39. The third-order valence-electron chi connectivity index (χ3n) is 1.31. The number of rotatable bonds is 1. The van der Waals surface area contributed by atoms with E-state index in [2.05, 4.69) is 9.47 Å². The smallest absolute Gasteiger partial charge is 0.443 e. The molecule has 0 saturated carbocycles. The van der Waals surface area contributed by atoms with Crippen LogP contribution in [0.1, 0.15) is 6.42 Å². The lowest BCUT2D eigenvalue weighted by Gasteiger charge is -2.08. The normalized spacial score (nSPS) is 22.1. The molecule has 0 radical (unpaired) electrons. The zero-order chi connectivity index (χ0) is 10.9. The Hall–Kier alpha value is -1.60. The third kappa shape index (κ3) is 2.21. The standard InChI is InChI=1S/C6H3F3O5/c7-6(8,9)5(12)13-2-1-3(10)14-4(2)11/h2H,1H2/t2-/m1/s1. The molecule has 0 aromatic carbocycles. The van der Waals surface area contributed by atoms with E-state index in [0.29, 0.717) is 0 Å². The maximum absolute atomic E-state index is 11.6. The number of cyclic esters (lactones) is 2. The molecule has 1 aliphatic rings. The largest absolute Gasteiger partial charge is 0.490 e. The molecule has 14 heavy (non-hydrogen) atoms. The SMILES string of the molecule is O=C1C[C@@H](OC(=O)C(F)(F)F)C(=O)O1. The topological polar surface area (TPSA) is 69.7 Å². The van der Waals surface area contributed by atoms with Crippen LogP contribution in [0, 0.1) is 0 Å². The predicted molar refractivity (Wildman–Crippen MR) is 31.7 cm³/mol. The van der Waals surface area contributed by atoms with Gasteiger partial charge < -0.3 is 9.47 Å². The summed E-state index contributed by atoms with van der Waals surface area (Å²) in [6.07, 6.45) is -7.65. The van der Waals surface area contributed by atoms with Crippen LogP contribution < -0.4 is 0 Å². The van der Waals surface area contributed by atoms with Gasteiger partial charge in [-0.25, -0.2) is 9.59 Å². The Morgan fingerprint density at radius 1 is 1.43 bits per heavy atom. The van der Waals surface area contributed by atoms with Gasteiger partial charge in [0, 0.05) is 0 Å². The number of hydrogen-bond acceptors (Lipinski definition) is 5. The molecule has 5 nitrogen and oxygen atoms in total. The lowest BCUT2D eigenvalue weighted by atomic mass is 10.3. The summed E-state index contributed by atoms with van der Waals surface area (Å²) in [4.78, 5) is 31.1. The van der Waals surface area contributed by atoms with Crippen LogP contribution in [0.15, 0.2) is 0 Å². The molecule has 0 N–H and O–H groups in total. The first-order valence-electron chi connectivity index (χ1n) is 3.33. The first-order valence-corrected chi connectivity index (χ1v) is 3.33. The summed E-state index contributed by atoms with van der Waals surface area (Å²) in [5.41, 5.74) is 0. The summed E-state index contributed by atoms with van der Waals surface area (Å²) in [5.74, 6) is -4.82. The van der Waals surface area contributed by atoms with Crippen molar-refractivity contribution in [3.63, 3.8) is 0 Å². The summed E-state index contributed by atoms with van der Waals surface area (Å²) in [6.45, 7) is 0. The van der Waals surface area contributed by atoms with Crippen molar-refractivity contribution >= 4 is 17.9 Å². The Bertz CT molecular complexity index is 294. The number of alkyl halides is 3. The van der Waals surface area contributed by atoms with Crippen molar-refractivity contribution in [1.29, 1.82) is 0 Å². The highest BCUT2D eigenvalue weighted by Crippen LogP contribution is 2.20. The third-order valence-corrected chi connectivity index (χ3v) is 1.31. The number of carbonyl (C=O) groups excluding carboxylic acids is 3. The average molecular weight is 212 g/mol. The predicted octanol–water partition coefficient (Wildman–Crippen LogP) is -0.0660. The second-order valence-electron chi connectivity index (χ2n) is 2.39. The molecule has 8 heteroatoms. The lowest BCUT2D eigenvalue weighted by Crippen LogP contribution is -2.32. The molecule has 1 aliphatic heterocycles. The van der Waals surface area contributed by atoms with Crippen molar-refractivity contribution in [2.75, 3.05) is 0 Å². The van der Waals surface area contributed by atoms with Gasteiger partial charge >= 0.3 is 24.1 Å². The molecule has 1 saturated heterocycles. The maximum atomic E-state index is 11.6. The fraction of sp³-hybridized carbons (Fsp3) is 0.500. The minimum Gasteiger partial charge on any atom is -0.443 e. The average Bonchev–Trinajstić information content (AvgIpc) is 2.28. The minimum absolute atomic E-state index is 0.680. The lowest BCUT2D eigenvalue weighted by molar-refractivity contribution is -0.205. The van der Waals surface area contributed by atoms with Crippen LogP contribution in [0.5, 0.6) is 0 Å². The summed E-state index contributed by atoms with van der Waals surface area (Å²) in [7, 11) is 0. The van der Waals surface area contributed by atoms with Gasteiger partial charge in [0.15, 0.2) is 0 Å². The second kappa shape index (κ2) is 3.28. The molecule has 0 bridgehead atoms. The Kier molecular flexibility index (Phi) is 2.45. The van der Waals surface area contributed by atoms with Crippen molar-refractivity contribution in [2.45, 2.75) is 18.7 Å². The van der Waals surface area contributed by atoms with Crippen LogP contribution in [-0.2, 0) is 23.9 Å². The van der Waals surface area contributed by atoms with Crippen molar-refractivity contribution in [2.24, 2.45) is 0 Å². The first-order chi connectivity index (χ1) is 6.30. The van der Waals surface area contributed by atoms with Crippen LogP contribution in [0.2, 0.25) is 0 Å². The van der Waals surface area contributed by atoms with E-state index in [1.807, 2.05) is 0 Å². The highest BCUT2D eigenvalue weighted by atomic mass is 19.4. The van der Waals surface area contributed by atoms with Crippen LogP contribution >= 0.6 is 0 Å². The Labute approximate surface area is 74.8 Å². The number of halogens is 3. The molecule has 1 atom stereocenters. The zero-order valence-corrected chi connectivity index (χ0v) is 6.46. The first kappa shape index (κ1) is 10.5. The maximum Gasteiger partial charge on any atom is 0.490 e. The van der Waals surface area contributed by atoms with Gasteiger partial charge in [-0.3, -0.25) is 4.79 Å². The van der Waals surface area contributed by atoms with E-state index in [-0.39, 0.29) is 0 Å². The van der Waals surface area contributed by atoms with Gasteiger partial charge in [0.05, 0.1) is 6.42 Å². The molecule has 0 aromatic heterocycles. The quantitative estimate of drug-likeness (QED) is 0.449. The minimum atomic E-state index is -5.19. The van der Waals surface area contributed by atoms with E-state index < -0.39 is 36.6 Å². The molecule has 1 heterocycles. The van der Waals surface area contributed by atoms with Crippen LogP contribution in [0.3, 0.4) is 0 Å². The summed E-state index contributed by atoms with van der Waals surface area (Å²) in [5, 5.41) is 0. The molecule has 1 fully saturated rings. The Morgan fingerprint density at radius 3 is 2.36 bits per heavy atom. The van der Waals surface area contributed by atoms with E-state index in [1.165, 1.54) is 0 Å². The van der Waals surface area contributed by atoms with Crippen molar-refractivity contribution in [1.82, 2.24) is 0 Å². The Morgan fingerprint density at radius 2 is 2.00 bits per heavy atom. The van der Waals surface area contributed by atoms with Gasteiger partial charge in [-0.15, -0.1) is 0 Å². The molecule has 0 aromatic rings. The van der Waals surface area contributed by atoms with Gasteiger partial charge in [-0.1, -0.05) is 0 Å². The van der Waals surface area contributed by atoms with Crippen molar-refractivity contribution in [3.8, 4) is 0 Å². The van der Waals surface area contributed by atoms with E-state index in [0.717, 1.165) is 0 Å². The highest BCUT2D eigenvalue weighted by Gasteiger charge is 2.46. The fourth-order valence-electron chi connectivity index (χ4n) is 0.740. The van der Waals surface area contributed by atoms with Gasteiger partial charge in [-0.2, -0.15) is 13.2 Å². The van der Waals surface area contributed by atoms with Gasteiger partial charge in [0.1, 0.15) is 0 Å². The molecule has 0 spiro atoms. The summed E-state index contributed by atoms with van der Waals surface area (Å²) in [6, 6.07) is 0. The number of carbonyl (C=O) groups is 3. The number of hydrogen-bond donors (Lipinski definition) is 0. The molecular weight excluding hydrogens is 209 g/mol. The number of esters is 3. The van der Waals surface area contributed by atoms with Crippen LogP contribution in [-0.4, -0.2) is 30.2 Å². The summed E-state index contributed by atoms with van der Waals surface area (Å²) >= 11 is 0. The van der Waals surface area contributed by atoms with Crippen molar-refractivity contribution in [3.05, 3.63) is 0 Å². The summed E-state index contributed by atoms with van der Waals surface area (Å²) < 4.78 is 42.4. The molecule has 78 valence electrons. The van der Waals surface area contributed by atoms with Crippen LogP contribution in [0.4, 0.5) is 13.2 Å². The van der Waals surface area contributed by atoms with E-state index in [4.69, 9.17) is 0 Å². The molecule has 0 aliphatic carbocycles. The van der Waals surface area contributed by atoms with E-state index in [1.54, 1.807) is 0 Å². The zero-order valence-electron chi connectivity index (χ0n) is 6.46. The van der Waals surface area contributed by atoms with Gasteiger partial charge in [0.25, 0.3) is 0 Å². The molecule has 1 rings (SSSR count).